The van der Waals surface area contributed by atoms with E-state index >= 15 is 0 Å². The summed E-state index contributed by atoms with van der Waals surface area (Å²) in [6.07, 6.45) is 1.09. The predicted octanol–water partition coefficient (Wildman–Crippen LogP) is 0.789. The van der Waals surface area contributed by atoms with Gasteiger partial charge in [-0.05, 0) is 43.8 Å². The molecule has 2 heterocycles. The number of quaternary nitrogens is 1. The standard InChI is InChI=1S/C17H25N3O2S/c1-3-13(2)18-17(23)20-8-6-19(7-9-20)11-14-4-5-15-16(10-14)22-12-21-15/h4-5,10,13H,3,6-9,11-12H2,1-2H3,(H,18,23)/p+1/t13-/m0/s1. The van der Waals surface area contributed by atoms with Crippen molar-refractivity contribution >= 4 is 17.3 Å². The Bertz CT molecular complexity index is 559. The van der Waals surface area contributed by atoms with Crippen LogP contribution in [0.2, 0.25) is 0 Å². The van der Waals surface area contributed by atoms with Crippen molar-refractivity contribution in [1.82, 2.24) is 10.2 Å². The van der Waals surface area contributed by atoms with Crippen LogP contribution in [0, 0.1) is 0 Å². The average Bonchev–Trinajstić information content (AvgIpc) is 3.03. The largest absolute Gasteiger partial charge is 0.454 e. The third kappa shape index (κ3) is 4.06. The number of benzene rings is 1. The van der Waals surface area contributed by atoms with Gasteiger partial charge in [-0.2, -0.15) is 0 Å². The average molecular weight is 336 g/mol. The van der Waals surface area contributed by atoms with Gasteiger partial charge < -0.3 is 24.6 Å². The number of ether oxygens (including phenoxy) is 2. The van der Waals surface area contributed by atoms with E-state index in [2.05, 4.69) is 36.2 Å². The number of hydrogen-bond acceptors (Lipinski definition) is 3. The first-order valence-electron chi connectivity index (χ1n) is 8.43. The highest BCUT2D eigenvalue weighted by Crippen LogP contribution is 2.32. The quantitative estimate of drug-likeness (QED) is 0.796. The SMILES string of the molecule is CC[C@H](C)NC(=S)N1CC[NH+](Cc2ccc3c(c2)OCO3)CC1. The highest BCUT2D eigenvalue weighted by atomic mass is 32.1. The van der Waals surface area contributed by atoms with Crippen molar-refractivity contribution in [3.05, 3.63) is 23.8 Å². The molecule has 1 saturated heterocycles. The van der Waals surface area contributed by atoms with E-state index in [-0.39, 0.29) is 0 Å². The molecule has 1 atom stereocenters. The fourth-order valence-corrected chi connectivity index (χ4v) is 3.33. The molecule has 0 saturated carbocycles. The Hall–Kier alpha value is -1.53. The molecule has 0 spiro atoms. The maximum absolute atomic E-state index is 5.51. The molecule has 126 valence electrons. The van der Waals surface area contributed by atoms with Gasteiger partial charge >= 0.3 is 0 Å². The van der Waals surface area contributed by atoms with Gasteiger partial charge in [0.1, 0.15) is 6.54 Å². The van der Waals surface area contributed by atoms with Gasteiger partial charge in [0, 0.05) is 11.6 Å². The summed E-state index contributed by atoms with van der Waals surface area (Å²) < 4.78 is 10.8. The van der Waals surface area contributed by atoms with Crippen LogP contribution in [0.15, 0.2) is 18.2 Å². The molecule has 0 amide bonds. The molecular weight excluding hydrogens is 310 g/mol. The second-order valence-electron chi connectivity index (χ2n) is 6.36. The van der Waals surface area contributed by atoms with Gasteiger partial charge in [0.25, 0.3) is 0 Å². The van der Waals surface area contributed by atoms with E-state index < -0.39 is 0 Å². The molecule has 3 rings (SSSR count). The van der Waals surface area contributed by atoms with E-state index in [0.29, 0.717) is 12.8 Å². The van der Waals surface area contributed by atoms with Crippen LogP contribution >= 0.6 is 12.2 Å². The first kappa shape index (κ1) is 16.3. The second-order valence-corrected chi connectivity index (χ2v) is 6.75. The van der Waals surface area contributed by atoms with Gasteiger partial charge in [-0.3, -0.25) is 0 Å². The normalized spacial score (nSPS) is 18.8. The molecule has 0 aliphatic carbocycles. The Morgan fingerprint density at radius 2 is 2.04 bits per heavy atom. The molecule has 0 bridgehead atoms. The molecule has 2 aliphatic heterocycles. The van der Waals surface area contributed by atoms with Gasteiger partial charge in [-0.15, -0.1) is 0 Å². The van der Waals surface area contributed by atoms with Gasteiger partial charge in [0.2, 0.25) is 6.79 Å². The summed E-state index contributed by atoms with van der Waals surface area (Å²) >= 11 is 5.51. The van der Waals surface area contributed by atoms with Gasteiger partial charge in [-0.25, -0.2) is 0 Å². The van der Waals surface area contributed by atoms with E-state index in [0.717, 1.165) is 55.8 Å². The number of nitrogens with zero attached hydrogens (tertiary/aromatic N) is 1. The Kier molecular flexibility index (Phi) is 5.23. The molecule has 1 aromatic rings. The summed E-state index contributed by atoms with van der Waals surface area (Å²) in [6.45, 7) is 9.96. The van der Waals surface area contributed by atoms with Crippen LogP contribution in [0.3, 0.4) is 0 Å². The number of thiocarbonyl (C=S) groups is 1. The van der Waals surface area contributed by atoms with Crippen LogP contribution in [0.25, 0.3) is 0 Å². The summed E-state index contributed by atoms with van der Waals surface area (Å²) in [6, 6.07) is 6.71. The number of piperazine rings is 1. The summed E-state index contributed by atoms with van der Waals surface area (Å²) in [5.74, 6) is 1.73. The molecule has 0 radical (unpaired) electrons. The zero-order chi connectivity index (χ0) is 16.2. The van der Waals surface area contributed by atoms with Crippen LogP contribution in [0.4, 0.5) is 0 Å². The van der Waals surface area contributed by atoms with Crippen molar-refractivity contribution in [1.29, 1.82) is 0 Å². The van der Waals surface area contributed by atoms with Crippen LogP contribution in [-0.4, -0.2) is 49.0 Å². The minimum absolute atomic E-state index is 0.338. The van der Waals surface area contributed by atoms with Crippen molar-refractivity contribution in [2.45, 2.75) is 32.9 Å². The lowest BCUT2D eigenvalue weighted by molar-refractivity contribution is -0.917. The van der Waals surface area contributed by atoms with Crippen molar-refractivity contribution in [2.24, 2.45) is 0 Å². The zero-order valence-corrected chi connectivity index (χ0v) is 14.7. The molecule has 5 nitrogen and oxygen atoms in total. The minimum atomic E-state index is 0.338. The number of hydrogen-bond donors (Lipinski definition) is 2. The lowest BCUT2D eigenvalue weighted by Crippen LogP contribution is -3.13. The summed E-state index contributed by atoms with van der Waals surface area (Å²) in [5.41, 5.74) is 1.30. The number of fused-ring (bicyclic) bond motifs is 1. The molecule has 2 aliphatic rings. The summed E-state index contributed by atoms with van der Waals surface area (Å²) in [7, 11) is 0. The molecule has 23 heavy (non-hydrogen) atoms. The van der Waals surface area contributed by atoms with Crippen molar-refractivity contribution in [3.8, 4) is 11.5 Å². The molecule has 0 aromatic heterocycles. The first-order chi connectivity index (χ1) is 11.2. The zero-order valence-electron chi connectivity index (χ0n) is 13.9. The van der Waals surface area contributed by atoms with Gasteiger partial charge in [-0.1, -0.05) is 6.92 Å². The molecule has 1 fully saturated rings. The number of nitrogens with one attached hydrogen (secondary N) is 2. The lowest BCUT2D eigenvalue weighted by Gasteiger charge is -2.34. The smallest absolute Gasteiger partial charge is 0.231 e. The van der Waals surface area contributed by atoms with Gasteiger partial charge in [0.15, 0.2) is 16.6 Å². The highest BCUT2D eigenvalue weighted by Gasteiger charge is 2.23. The van der Waals surface area contributed by atoms with Crippen molar-refractivity contribution < 1.29 is 14.4 Å². The third-order valence-electron chi connectivity index (χ3n) is 4.63. The Morgan fingerprint density at radius 3 is 2.78 bits per heavy atom. The van der Waals surface area contributed by atoms with E-state index in [1.165, 1.54) is 5.56 Å². The van der Waals surface area contributed by atoms with Crippen LogP contribution < -0.4 is 19.7 Å². The maximum atomic E-state index is 5.51. The predicted molar refractivity (Wildman–Crippen MR) is 94.0 cm³/mol. The van der Waals surface area contributed by atoms with Crippen LogP contribution in [0.1, 0.15) is 25.8 Å². The fraction of sp³-hybridized carbons (Fsp3) is 0.588. The van der Waals surface area contributed by atoms with E-state index in [1.54, 1.807) is 4.90 Å². The molecular formula is C17H26N3O2S+. The van der Waals surface area contributed by atoms with Crippen LogP contribution in [-0.2, 0) is 6.54 Å². The summed E-state index contributed by atoms with van der Waals surface area (Å²) in [5, 5.41) is 4.31. The molecule has 1 aromatic carbocycles. The first-order valence-corrected chi connectivity index (χ1v) is 8.84. The van der Waals surface area contributed by atoms with Crippen LogP contribution in [0.5, 0.6) is 11.5 Å². The third-order valence-corrected chi connectivity index (χ3v) is 5.01. The minimum Gasteiger partial charge on any atom is -0.454 e. The Morgan fingerprint density at radius 1 is 1.30 bits per heavy atom. The number of rotatable bonds is 4. The van der Waals surface area contributed by atoms with E-state index in [1.807, 2.05) is 6.07 Å². The van der Waals surface area contributed by atoms with E-state index in [4.69, 9.17) is 21.7 Å². The van der Waals surface area contributed by atoms with E-state index in [9.17, 15) is 0 Å². The summed E-state index contributed by atoms with van der Waals surface area (Å²) in [4.78, 5) is 3.89. The molecule has 0 unspecified atom stereocenters. The maximum Gasteiger partial charge on any atom is 0.231 e. The topological polar surface area (TPSA) is 38.2 Å². The van der Waals surface area contributed by atoms with Gasteiger partial charge in [0.05, 0.1) is 26.2 Å². The molecule has 6 heteroatoms. The fourth-order valence-electron chi connectivity index (χ4n) is 2.95. The van der Waals surface area contributed by atoms with Crippen molar-refractivity contribution in [2.75, 3.05) is 33.0 Å². The second kappa shape index (κ2) is 7.36. The lowest BCUT2D eigenvalue weighted by atomic mass is 10.1. The highest BCUT2D eigenvalue weighted by molar-refractivity contribution is 7.80. The van der Waals surface area contributed by atoms with Crippen molar-refractivity contribution in [3.63, 3.8) is 0 Å². The Labute approximate surface area is 143 Å². The molecule has 2 N–H and O–H groups in total. The Balaban J connectivity index is 1.48. The monoisotopic (exact) mass is 336 g/mol.